The van der Waals surface area contributed by atoms with Crippen molar-refractivity contribution < 1.29 is 14.7 Å². The number of carboxylic acids is 1. The van der Waals surface area contributed by atoms with Gasteiger partial charge in [-0.25, -0.2) is 14.6 Å². The average Bonchev–Trinajstić information content (AvgIpc) is 2.99. The molecule has 1 atom stereocenters. The number of nitrogens with one attached hydrogen (secondary N) is 3. The van der Waals surface area contributed by atoms with Crippen LogP contribution in [0.2, 0.25) is 0 Å². The van der Waals surface area contributed by atoms with Crippen LogP contribution in [-0.4, -0.2) is 64.2 Å². The van der Waals surface area contributed by atoms with Gasteiger partial charge in [0.2, 0.25) is 0 Å². The lowest BCUT2D eigenvalue weighted by Gasteiger charge is -2.32. The molecule has 0 aliphatic carbocycles. The molecule has 0 bridgehead atoms. The first-order valence-corrected chi connectivity index (χ1v) is 7.02. The van der Waals surface area contributed by atoms with Crippen LogP contribution in [0.15, 0.2) is 12.5 Å². The number of hydrogen-bond donors (Lipinski definition) is 4. The molecule has 0 saturated carbocycles. The smallest absolute Gasteiger partial charge is 0.326 e. The van der Waals surface area contributed by atoms with Gasteiger partial charge in [-0.1, -0.05) is 0 Å². The number of imidazole rings is 1. The van der Waals surface area contributed by atoms with Crippen molar-refractivity contribution in [2.75, 3.05) is 20.1 Å². The molecule has 2 rings (SSSR count). The minimum atomic E-state index is -1.06. The number of rotatable bonds is 5. The molecule has 1 aromatic rings. The zero-order valence-corrected chi connectivity index (χ0v) is 12.0. The van der Waals surface area contributed by atoms with Gasteiger partial charge in [-0.05, 0) is 25.9 Å². The number of carbonyl (C=O) groups excluding carboxylic acids is 1. The van der Waals surface area contributed by atoms with Crippen molar-refractivity contribution in [3.05, 3.63) is 18.2 Å². The molecule has 8 nitrogen and oxygen atoms in total. The van der Waals surface area contributed by atoms with Gasteiger partial charge in [0.05, 0.1) is 6.33 Å². The Morgan fingerprint density at radius 3 is 2.81 bits per heavy atom. The van der Waals surface area contributed by atoms with Gasteiger partial charge in [0.1, 0.15) is 6.04 Å². The third-order valence-electron chi connectivity index (χ3n) is 3.75. The standard InChI is InChI=1S/C13H21N5O3/c1-18(10-2-4-14-5-3-10)13(21)17-11(12(19)20)6-9-7-15-8-16-9/h7-8,10-11,14H,2-6H2,1H3,(H,15,16)(H,17,21)(H,19,20)/t11-/m0/s1. The quantitative estimate of drug-likeness (QED) is 0.601. The molecule has 0 unspecified atom stereocenters. The minimum absolute atomic E-state index is 0.146. The summed E-state index contributed by atoms with van der Waals surface area (Å²) in [7, 11) is 1.71. The molecular formula is C13H21N5O3. The summed E-state index contributed by atoms with van der Waals surface area (Å²) in [5, 5.41) is 15.0. The highest BCUT2D eigenvalue weighted by atomic mass is 16.4. The van der Waals surface area contributed by atoms with Crippen LogP contribution in [0.4, 0.5) is 4.79 Å². The number of piperidine rings is 1. The zero-order valence-electron chi connectivity index (χ0n) is 12.0. The number of aromatic nitrogens is 2. The molecule has 4 N–H and O–H groups in total. The van der Waals surface area contributed by atoms with Crippen LogP contribution in [0.25, 0.3) is 0 Å². The molecule has 1 aliphatic rings. The number of nitrogens with zero attached hydrogens (tertiary/aromatic N) is 2. The molecule has 1 saturated heterocycles. The molecule has 1 fully saturated rings. The zero-order chi connectivity index (χ0) is 15.2. The van der Waals surface area contributed by atoms with E-state index in [0.29, 0.717) is 5.69 Å². The molecule has 2 heterocycles. The largest absolute Gasteiger partial charge is 0.480 e. The van der Waals surface area contributed by atoms with E-state index in [1.807, 2.05) is 0 Å². The van der Waals surface area contributed by atoms with Gasteiger partial charge in [-0.15, -0.1) is 0 Å². The second-order valence-corrected chi connectivity index (χ2v) is 5.21. The summed E-state index contributed by atoms with van der Waals surface area (Å²) in [6.07, 6.45) is 4.97. The number of urea groups is 1. The third kappa shape index (κ3) is 4.19. The van der Waals surface area contributed by atoms with E-state index in [1.54, 1.807) is 18.1 Å². The summed E-state index contributed by atoms with van der Waals surface area (Å²) in [5.41, 5.74) is 0.673. The molecule has 1 aliphatic heterocycles. The summed E-state index contributed by atoms with van der Waals surface area (Å²) in [6.45, 7) is 1.75. The maximum Gasteiger partial charge on any atom is 0.326 e. The highest BCUT2D eigenvalue weighted by Crippen LogP contribution is 2.10. The van der Waals surface area contributed by atoms with E-state index in [-0.39, 0.29) is 18.5 Å². The van der Waals surface area contributed by atoms with Crippen molar-refractivity contribution in [1.82, 2.24) is 25.5 Å². The molecule has 21 heavy (non-hydrogen) atoms. The number of aromatic amines is 1. The minimum Gasteiger partial charge on any atom is -0.480 e. The second kappa shape index (κ2) is 7.07. The summed E-state index contributed by atoms with van der Waals surface area (Å²) >= 11 is 0. The van der Waals surface area contributed by atoms with Crippen molar-refractivity contribution in [2.24, 2.45) is 0 Å². The van der Waals surface area contributed by atoms with Crippen LogP contribution in [0.5, 0.6) is 0 Å². The number of carboxylic acid groups (broad SMARTS) is 1. The van der Waals surface area contributed by atoms with Crippen LogP contribution < -0.4 is 10.6 Å². The summed E-state index contributed by atoms with van der Waals surface area (Å²) in [6, 6.07) is -1.18. The molecule has 0 aromatic carbocycles. The van der Waals surface area contributed by atoms with Crippen LogP contribution in [0.3, 0.4) is 0 Å². The molecular weight excluding hydrogens is 274 g/mol. The molecule has 2 amide bonds. The number of aliphatic carboxylic acids is 1. The SMILES string of the molecule is CN(C(=O)N[C@@H](Cc1cnc[nH]1)C(=O)O)C1CCNCC1. The number of H-pyrrole nitrogens is 1. The Morgan fingerprint density at radius 2 is 2.24 bits per heavy atom. The van der Waals surface area contributed by atoms with E-state index < -0.39 is 12.0 Å². The average molecular weight is 295 g/mol. The van der Waals surface area contributed by atoms with Crippen molar-refractivity contribution in [3.63, 3.8) is 0 Å². The molecule has 0 radical (unpaired) electrons. The Hall–Kier alpha value is -2.09. The van der Waals surface area contributed by atoms with Gasteiger partial charge in [0.25, 0.3) is 0 Å². The first kappa shape index (κ1) is 15.3. The predicted octanol–water partition coefficient (Wildman–Crippen LogP) is -0.201. The molecule has 8 heteroatoms. The highest BCUT2D eigenvalue weighted by molar-refractivity contribution is 5.82. The first-order chi connectivity index (χ1) is 10.1. The monoisotopic (exact) mass is 295 g/mol. The molecule has 0 spiro atoms. The van der Waals surface area contributed by atoms with Gasteiger partial charge in [-0.3, -0.25) is 0 Å². The fraction of sp³-hybridized carbons (Fsp3) is 0.615. The van der Waals surface area contributed by atoms with Crippen molar-refractivity contribution in [3.8, 4) is 0 Å². The Labute approximate surface area is 122 Å². The van der Waals surface area contributed by atoms with E-state index >= 15 is 0 Å². The van der Waals surface area contributed by atoms with Gasteiger partial charge < -0.3 is 25.6 Å². The van der Waals surface area contributed by atoms with E-state index in [2.05, 4.69) is 20.6 Å². The van der Waals surface area contributed by atoms with Crippen LogP contribution in [0, 0.1) is 0 Å². The maximum absolute atomic E-state index is 12.2. The first-order valence-electron chi connectivity index (χ1n) is 7.02. The normalized spacial score (nSPS) is 17.2. The van der Waals surface area contributed by atoms with Crippen molar-refractivity contribution in [2.45, 2.75) is 31.3 Å². The highest BCUT2D eigenvalue weighted by Gasteiger charge is 2.26. The van der Waals surface area contributed by atoms with E-state index in [4.69, 9.17) is 0 Å². The van der Waals surface area contributed by atoms with Crippen LogP contribution in [-0.2, 0) is 11.2 Å². The fourth-order valence-electron chi connectivity index (χ4n) is 2.43. The van der Waals surface area contributed by atoms with Gasteiger partial charge in [0.15, 0.2) is 0 Å². The van der Waals surface area contributed by atoms with Crippen LogP contribution in [0.1, 0.15) is 18.5 Å². The fourth-order valence-corrected chi connectivity index (χ4v) is 2.43. The topological polar surface area (TPSA) is 110 Å². The van der Waals surface area contributed by atoms with Gasteiger partial charge in [0, 0.05) is 31.4 Å². The van der Waals surface area contributed by atoms with Crippen molar-refractivity contribution in [1.29, 1.82) is 0 Å². The Morgan fingerprint density at radius 1 is 1.52 bits per heavy atom. The Kier molecular flexibility index (Phi) is 5.15. The van der Waals surface area contributed by atoms with E-state index in [9.17, 15) is 14.7 Å². The third-order valence-corrected chi connectivity index (χ3v) is 3.75. The van der Waals surface area contributed by atoms with E-state index in [1.165, 1.54) is 6.33 Å². The van der Waals surface area contributed by atoms with E-state index in [0.717, 1.165) is 25.9 Å². The van der Waals surface area contributed by atoms with Crippen LogP contribution >= 0.6 is 0 Å². The summed E-state index contributed by atoms with van der Waals surface area (Å²) < 4.78 is 0. The lowest BCUT2D eigenvalue weighted by molar-refractivity contribution is -0.139. The Bertz CT molecular complexity index is 470. The predicted molar refractivity (Wildman–Crippen MR) is 75.9 cm³/mol. The number of carbonyl (C=O) groups is 2. The second-order valence-electron chi connectivity index (χ2n) is 5.21. The van der Waals surface area contributed by atoms with Crippen molar-refractivity contribution >= 4 is 12.0 Å². The number of amides is 2. The Balaban J connectivity index is 1.92. The summed E-state index contributed by atoms with van der Waals surface area (Å²) in [5.74, 6) is -1.06. The number of hydrogen-bond acceptors (Lipinski definition) is 4. The van der Waals surface area contributed by atoms with Gasteiger partial charge >= 0.3 is 12.0 Å². The maximum atomic E-state index is 12.2. The lowest BCUT2D eigenvalue weighted by Crippen LogP contribution is -2.52. The lowest BCUT2D eigenvalue weighted by atomic mass is 10.1. The molecule has 116 valence electrons. The van der Waals surface area contributed by atoms with Gasteiger partial charge in [-0.2, -0.15) is 0 Å². The molecule has 1 aromatic heterocycles. The summed E-state index contributed by atoms with van der Waals surface area (Å²) in [4.78, 5) is 31.8.